The lowest BCUT2D eigenvalue weighted by Gasteiger charge is -2.10. The van der Waals surface area contributed by atoms with E-state index in [-0.39, 0.29) is 12.5 Å². The van der Waals surface area contributed by atoms with Crippen LogP contribution in [-0.2, 0) is 19.1 Å². The molecule has 1 atom stereocenters. The van der Waals surface area contributed by atoms with E-state index in [9.17, 15) is 9.59 Å². The average Bonchev–Trinajstić information content (AvgIpc) is 2.61. The third-order valence-corrected chi connectivity index (χ3v) is 4.71. The molecular weight excluding hydrogens is 328 g/mol. The summed E-state index contributed by atoms with van der Waals surface area (Å²) in [6, 6.07) is 0. The minimum absolute atomic E-state index is 0.142. The third kappa shape index (κ3) is 17.8. The van der Waals surface area contributed by atoms with Gasteiger partial charge < -0.3 is 9.47 Å². The molecular formula is C22H42O4. The fourth-order valence-electron chi connectivity index (χ4n) is 2.82. The molecule has 0 aliphatic heterocycles. The van der Waals surface area contributed by atoms with Gasteiger partial charge in [-0.15, -0.1) is 0 Å². The van der Waals surface area contributed by atoms with Crippen LogP contribution in [0, 0.1) is 0 Å². The number of hydrogen-bond donors (Lipinski definition) is 0. The van der Waals surface area contributed by atoms with Gasteiger partial charge in [-0.3, -0.25) is 9.59 Å². The van der Waals surface area contributed by atoms with Crippen LogP contribution in [-0.4, -0.2) is 24.6 Å². The third-order valence-electron chi connectivity index (χ3n) is 4.71. The SMILES string of the molecule is CCCCCCCCCCCCCCCOC(=O)CC(=O)OC(C)CC. The Balaban J connectivity index is 3.28. The van der Waals surface area contributed by atoms with Crippen LogP contribution in [0.5, 0.6) is 0 Å². The standard InChI is InChI=1S/C22H42O4/c1-4-6-7-8-9-10-11-12-13-14-15-16-17-18-25-21(23)19-22(24)26-20(3)5-2/h20H,4-19H2,1-3H3. The highest BCUT2D eigenvalue weighted by molar-refractivity contribution is 5.91. The summed E-state index contributed by atoms with van der Waals surface area (Å²) in [6.45, 7) is 6.42. The van der Waals surface area contributed by atoms with E-state index in [0.717, 1.165) is 19.3 Å². The highest BCUT2D eigenvalue weighted by Crippen LogP contribution is 2.12. The van der Waals surface area contributed by atoms with Crippen LogP contribution in [0.4, 0.5) is 0 Å². The molecule has 0 fully saturated rings. The second-order valence-corrected chi connectivity index (χ2v) is 7.35. The van der Waals surface area contributed by atoms with Crippen molar-refractivity contribution in [3.63, 3.8) is 0 Å². The van der Waals surface area contributed by atoms with Gasteiger partial charge in [-0.1, -0.05) is 90.9 Å². The average molecular weight is 371 g/mol. The molecule has 0 saturated heterocycles. The van der Waals surface area contributed by atoms with Crippen molar-refractivity contribution in [1.82, 2.24) is 0 Å². The Kier molecular flexibility index (Phi) is 18.0. The first-order chi connectivity index (χ1) is 12.6. The van der Waals surface area contributed by atoms with E-state index in [1.165, 1.54) is 70.6 Å². The molecule has 1 unspecified atom stereocenters. The lowest BCUT2D eigenvalue weighted by molar-refractivity contribution is -0.157. The normalized spacial score (nSPS) is 12.0. The zero-order chi connectivity index (χ0) is 19.5. The molecule has 0 saturated carbocycles. The molecule has 4 nitrogen and oxygen atoms in total. The quantitative estimate of drug-likeness (QED) is 0.160. The second-order valence-electron chi connectivity index (χ2n) is 7.35. The van der Waals surface area contributed by atoms with Crippen LogP contribution in [0.25, 0.3) is 0 Å². The van der Waals surface area contributed by atoms with Crippen LogP contribution < -0.4 is 0 Å². The van der Waals surface area contributed by atoms with Crippen molar-refractivity contribution < 1.29 is 19.1 Å². The van der Waals surface area contributed by atoms with E-state index in [2.05, 4.69) is 6.92 Å². The Morgan fingerprint density at radius 3 is 1.62 bits per heavy atom. The molecule has 0 aromatic carbocycles. The smallest absolute Gasteiger partial charge is 0.317 e. The molecule has 0 radical (unpaired) electrons. The summed E-state index contributed by atoms with van der Waals surface area (Å²) in [5, 5.41) is 0. The fourth-order valence-corrected chi connectivity index (χ4v) is 2.82. The Hall–Kier alpha value is -1.06. The summed E-state index contributed by atoms with van der Waals surface area (Å²) in [4.78, 5) is 23.0. The molecule has 0 heterocycles. The molecule has 0 N–H and O–H groups in total. The molecule has 154 valence electrons. The van der Waals surface area contributed by atoms with Gasteiger partial charge >= 0.3 is 11.9 Å². The summed E-state index contributed by atoms with van der Waals surface area (Å²) in [5.41, 5.74) is 0. The first kappa shape index (κ1) is 24.9. The molecule has 0 rings (SSSR count). The highest BCUT2D eigenvalue weighted by Gasteiger charge is 2.14. The largest absolute Gasteiger partial charge is 0.465 e. The maximum Gasteiger partial charge on any atom is 0.317 e. The van der Waals surface area contributed by atoms with E-state index in [4.69, 9.17) is 9.47 Å². The predicted octanol–water partition coefficient (Wildman–Crippen LogP) is 6.35. The number of hydrogen-bond acceptors (Lipinski definition) is 4. The molecule has 0 bridgehead atoms. The van der Waals surface area contributed by atoms with Gasteiger partial charge in [0.1, 0.15) is 6.42 Å². The summed E-state index contributed by atoms with van der Waals surface area (Å²) >= 11 is 0. The predicted molar refractivity (Wildman–Crippen MR) is 107 cm³/mol. The van der Waals surface area contributed by atoms with Gasteiger partial charge in [0.05, 0.1) is 12.7 Å². The van der Waals surface area contributed by atoms with Crippen LogP contribution in [0.15, 0.2) is 0 Å². The number of carbonyl (C=O) groups is 2. The molecule has 0 aliphatic rings. The van der Waals surface area contributed by atoms with Gasteiger partial charge in [-0.2, -0.15) is 0 Å². The summed E-state index contributed by atoms with van der Waals surface area (Å²) in [7, 11) is 0. The van der Waals surface area contributed by atoms with E-state index in [0.29, 0.717) is 6.61 Å². The Morgan fingerprint density at radius 2 is 1.15 bits per heavy atom. The van der Waals surface area contributed by atoms with Crippen LogP contribution in [0.2, 0.25) is 0 Å². The first-order valence-electron chi connectivity index (χ1n) is 10.9. The molecule has 26 heavy (non-hydrogen) atoms. The monoisotopic (exact) mass is 370 g/mol. The van der Waals surface area contributed by atoms with Crippen LogP contribution >= 0.6 is 0 Å². The number of ether oxygens (including phenoxy) is 2. The van der Waals surface area contributed by atoms with Crippen LogP contribution in [0.3, 0.4) is 0 Å². The number of esters is 2. The molecule has 0 aromatic heterocycles. The summed E-state index contributed by atoms with van der Waals surface area (Å²) < 4.78 is 10.1. The van der Waals surface area contributed by atoms with E-state index >= 15 is 0 Å². The summed E-state index contributed by atoms with van der Waals surface area (Å²) in [6.07, 6.45) is 17.1. The van der Waals surface area contributed by atoms with Crippen molar-refractivity contribution in [3.05, 3.63) is 0 Å². The molecule has 0 amide bonds. The molecule has 0 spiro atoms. The van der Waals surface area contributed by atoms with E-state index < -0.39 is 11.9 Å². The van der Waals surface area contributed by atoms with Gasteiger partial charge in [-0.05, 0) is 19.8 Å². The van der Waals surface area contributed by atoms with Gasteiger partial charge in [-0.25, -0.2) is 0 Å². The summed E-state index contributed by atoms with van der Waals surface area (Å²) in [5.74, 6) is -0.966. The van der Waals surface area contributed by atoms with Crippen molar-refractivity contribution in [2.24, 2.45) is 0 Å². The van der Waals surface area contributed by atoms with Crippen molar-refractivity contribution in [3.8, 4) is 0 Å². The van der Waals surface area contributed by atoms with Gasteiger partial charge in [0.25, 0.3) is 0 Å². The van der Waals surface area contributed by atoms with Crippen molar-refractivity contribution >= 4 is 11.9 Å². The zero-order valence-corrected chi connectivity index (χ0v) is 17.5. The van der Waals surface area contributed by atoms with Gasteiger partial charge in [0.15, 0.2) is 0 Å². The Morgan fingerprint density at radius 1 is 0.692 bits per heavy atom. The lowest BCUT2D eigenvalue weighted by atomic mass is 10.0. The maximum absolute atomic E-state index is 11.5. The lowest BCUT2D eigenvalue weighted by Crippen LogP contribution is -2.18. The molecule has 4 heteroatoms. The van der Waals surface area contributed by atoms with Gasteiger partial charge in [0, 0.05) is 0 Å². The number of unbranched alkanes of at least 4 members (excludes halogenated alkanes) is 12. The van der Waals surface area contributed by atoms with Crippen molar-refractivity contribution in [2.75, 3.05) is 6.61 Å². The number of rotatable bonds is 18. The van der Waals surface area contributed by atoms with E-state index in [1.807, 2.05) is 13.8 Å². The second kappa shape index (κ2) is 18.7. The van der Waals surface area contributed by atoms with Gasteiger partial charge in [0.2, 0.25) is 0 Å². The fraction of sp³-hybridized carbons (Fsp3) is 0.909. The highest BCUT2D eigenvalue weighted by atomic mass is 16.6. The molecule has 0 aliphatic carbocycles. The van der Waals surface area contributed by atoms with E-state index in [1.54, 1.807) is 0 Å². The maximum atomic E-state index is 11.5. The Bertz CT molecular complexity index is 341. The minimum Gasteiger partial charge on any atom is -0.465 e. The molecule has 0 aromatic rings. The van der Waals surface area contributed by atoms with Crippen molar-refractivity contribution in [2.45, 2.75) is 123 Å². The van der Waals surface area contributed by atoms with Crippen LogP contribution in [0.1, 0.15) is 117 Å². The minimum atomic E-state index is -0.491. The topological polar surface area (TPSA) is 52.6 Å². The Labute approximate surface area is 161 Å². The first-order valence-corrected chi connectivity index (χ1v) is 10.9. The zero-order valence-electron chi connectivity index (χ0n) is 17.5. The number of carbonyl (C=O) groups excluding carboxylic acids is 2. The van der Waals surface area contributed by atoms with Crippen molar-refractivity contribution in [1.29, 1.82) is 0 Å².